The van der Waals surface area contributed by atoms with Gasteiger partial charge >= 0.3 is 6.36 Å². The predicted octanol–water partition coefficient (Wildman–Crippen LogP) is 4.03. The summed E-state index contributed by atoms with van der Waals surface area (Å²) in [6, 6.07) is 5.85. The number of para-hydroxylation sites is 1. The number of aryl methyl sites for hydroxylation is 1. The van der Waals surface area contributed by atoms with Crippen LogP contribution in [-0.2, 0) is 13.0 Å². The first-order valence-electron chi connectivity index (χ1n) is 7.92. The number of carbonyl (C=O) groups is 1. The SMILES string of the molecule is Cc1nc2c(s1)CN(C(=O)c1cc3cccc(OC(F)(F)F)c3[nH]1)CC2. The summed E-state index contributed by atoms with van der Waals surface area (Å²) < 4.78 is 41.7. The lowest BCUT2D eigenvalue weighted by molar-refractivity contribution is -0.274. The lowest BCUT2D eigenvalue weighted by Gasteiger charge is -2.25. The van der Waals surface area contributed by atoms with Crippen LogP contribution in [0.15, 0.2) is 24.3 Å². The average molecular weight is 381 g/mol. The molecule has 1 aliphatic heterocycles. The molecule has 0 spiro atoms. The van der Waals surface area contributed by atoms with E-state index in [1.807, 2.05) is 6.92 Å². The van der Waals surface area contributed by atoms with Crippen molar-refractivity contribution >= 4 is 28.1 Å². The van der Waals surface area contributed by atoms with Gasteiger partial charge in [-0.1, -0.05) is 12.1 Å². The normalized spacial score (nSPS) is 14.5. The summed E-state index contributed by atoms with van der Waals surface area (Å²) in [6.45, 7) is 2.91. The minimum atomic E-state index is -4.79. The lowest BCUT2D eigenvalue weighted by Crippen LogP contribution is -2.35. The van der Waals surface area contributed by atoms with Crippen molar-refractivity contribution in [2.24, 2.45) is 0 Å². The largest absolute Gasteiger partial charge is 0.573 e. The first-order valence-corrected chi connectivity index (χ1v) is 8.74. The molecular weight excluding hydrogens is 367 g/mol. The van der Waals surface area contributed by atoms with Crippen LogP contribution in [0, 0.1) is 6.92 Å². The van der Waals surface area contributed by atoms with Crippen LogP contribution in [-0.4, -0.2) is 33.7 Å². The molecule has 0 aliphatic carbocycles. The molecule has 26 heavy (non-hydrogen) atoms. The summed E-state index contributed by atoms with van der Waals surface area (Å²) in [5, 5.41) is 1.45. The lowest BCUT2D eigenvalue weighted by atomic mass is 10.1. The maximum absolute atomic E-state index is 12.8. The Balaban J connectivity index is 1.63. The Bertz CT molecular complexity index is 993. The highest BCUT2D eigenvalue weighted by atomic mass is 32.1. The third-order valence-electron chi connectivity index (χ3n) is 4.20. The van der Waals surface area contributed by atoms with Crippen molar-refractivity contribution in [2.45, 2.75) is 26.3 Å². The van der Waals surface area contributed by atoms with E-state index < -0.39 is 6.36 Å². The number of carbonyl (C=O) groups excluding carboxylic acids is 1. The average Bonchev–Trinajstić information content (AvgIpc) is 3.15. The number of alkyl halides is 3. The van der Waals surface area contributed by atoms with Crippen molar-refractivity contribution < 1.29 is 22.7 Å². The van der Waals surface area contributed by atoms with E-state index >= 15 is 0 Å². The van der Waals surface area contributed by atoms with E-state index in [2.05, 4.69) is 14.7 Å². The molecule has 9 heteroatoms. The summed E-state index contributed by atoms with van der Waals surface area (Å²) in [7, 11) is 0. The van der Waals surface area contributed by atoms with Gasteiger partial charge < -0.3 is 14.6 Å². The van der Waals surface area contributed by atoms with Gasteiger partial charge in [-0.15, -0.1) is 24.5 Å². The summed E-state index contributed by atoms with van der Waals surface area (Å²) in [6.07, 6.45) is -4.12. The zero-order chi connectivity index (χ0) is 18.5. The van der Waals surface area contributed by atoms with Gasteiger partial charge in [-0.3, -0.25) is 4.79 Å². The van der Waals surface area contributed by atoms with Crippen LogP contribution >= 0.6 is 11.3 Å². The molecule has 0 unspecified atom stereocenters. The Labute approximate surface area is 150 Å². The van der Waals surface area contributed by atoms with Gasteiger partial charge in [-0.05, 0) is 19.1 Å². The quantitative estimate of drug-likeness (QED) is 0.729. The maximum Gasteiger partial charge on any atom is 0.573 e. The fraction of sp³-hybridized carbons (Fsp3) is 0.294. The minimum Gasteiger partial charge on any atom is -0.404 e. The molecule has 1 aliphatic rings. The van der Waals surface area contributed by atoms with Gasteiger partial charge in [0.15, 0.2) is 5.75 Å². The molecule has 5 nitrogen and oxygen atoms in total. The summed E-state index contributed by atoms with van der Waals surface area (Å²) in [5.74, 6) is -0.607. The molecule has 3 aromatic rings. The molecule has 136 valence electrons. The van der Waals surface area contributed by atoms with Crippen molar-refractivity contribution in [2.75, 3.05) is 6.54 Å². The molecule has 0 saturated heterocycles. The number of H-pyrrole nitrogens is 1. The number of benzene rings is 1. The molecule has 0 atom stereocenters. The van der Waals surface area contributed by atoms with E-state index in [1.165, 1.54) is 12.1 Å². The molecule has 0 radical (unpaired) electrons. The maximum atomic E-state index is 12.8. The van der Waals surface area contributed by atoms with Gasteiger partial charge in [0, 0.05) is 23.2 Å². The van der Waals surface area contributed by atoms with Gasteiger partial charge in [0.25, 0.3) is 5.91 Å². The Kier molecular flexibility index (Phi) is 3.91. The van der Waals surface area contributed by atoms with Crippen LogP contribution in [0.25, 0.3) is 10.9 Å². The second-order valence-electron chi connectivity index (χ2n) is 6.03. The number of amides is 1. The molecule has 0 fully saturated rings. The standard InChI is InChI=1S/C17H14F3N3O2S/c1-9-21-11-5-6-23(8-14(11)26-9)16(24)12-7-10-3-2-4-13(15(10)22-12)25-17(18,19)20/h2-4,7,22H,5-6,8H2,1H3. The van der Waals surface area contributed by atoms with Gasteiger partial charge in [0.2, 0.25) is 0 Å². The van der Waals surface area contributed by atoms with Crippen molar-refractivity contribution in [3.8, 4) is 5.75 Å². The monoisotopic (exact) mass is 381 g/mol. The molecule has 1 aromatic carbocycles. The first kappa shape index (κ1) is 16.9. The minimum absolute atomic E-state index is 0.152. The number of nitrogens with one attached hydrogen (secondary N) is 1. The van der Waals surface area contributed by atoms with Crippen molar-refractivity contribution in [1.82, 2.24) is 14.9 Å². The van der Waals surface area contributed by atoms with Gasteiger partial charge in [0.05, 0.1) is 22.8 Å². The number of hydrogen-bond acceptors (Lipinski definition) is 4. The number of thiazole rings is 1. The number of hydrogen-bond donors (Lipinski definition) is 1. The molecule has 2 aromatic heterocycles. The first-order chi connectivity index (χ1) is 12.3. The van der Waals surface area contributed by atoms with Crippen molar-refractivity contribution in [1.29, 1.82) is 0 Å². The molecular formula is C17H14F3N3O2S. The van der Waals surface area contributed by atoms with E-state index in [1.54, 1.807) is 28.4 Å². The van der Waals surface area contributed by atoms with Crippen LogP contribution in [0.1, 0.15) is 26.1 Å². The smallest absolute Gasteiger partial charge is 0.404 e. The van der Waals surface area contributed by atoms with Crippen LogP contribution in [0.4, 0.5) is 13.2 Å². The number of fused-ring (bicyclic) bond motifs is 2. The molecule has 4 rings (SSSR count). The molecule has 0 saturated carbocycles. The van der Waals surface area contributed by atoms with Crippen LogP contribution in [0.3, 0.4) is 0 Å². The second kappa shape index (κ2) is 6.01. The highest BCUT2D eigenvalue weighted by Crippen LogP contribution is 2.31. The van der Waals surface area contributed by atoms with E-state index in [4.69, 9.17) is 0 Å². The Morgan fingerprint density at radius 1 is 1.38 bits per heavy atom. The summed E-state index contributed by atoms with van der Waals surface area (Å²) in [5.41, 5.74) is 1.41. The summed E-state index contributed by atoms with van der Waals surface area (Å²) in [4.78, 5) is 22.8. The van der Waals surface area contributed by atoms with Crippen molar-refractivity contribution in [3.63, 3.8) is 0 Å². The third kappa shape index (κ3) is 3.14. The van der Waals surface area contributed by atoms with Gasteiger partial charge in [0.1, 0.15) is 5.69 Å². The Morgan fingerprint density at radius 3 is 2.96 bits per heavy atom. The third-order valence-corrected chi connectivity index (χ3v) is 5.20. The topological polar surface area (TPSA) is 58.2 Å². The van der Waals surface area contributed by atoms with Crippen LogP contribution in [0.5, 0.6) is 5.75 Å². The van der Waals surface area contributed by atoms with E-state index in [0.29, 0.717) is 24.9 Å². The van der Waals surface area contributed by atoms with E-state index in [-0.39, 0.29) is 22.9 Å². The molecule has 1 N–H and O–H groups in total. The highest BCUT2D eigenvalue weighted by Gasteiger charge is 2.32. The second-order valence-corrected chi connectivity index (χ2v) is 7.32. The van der Waals surface area contributed by atoms with Gasteiger partial charge in [-0.25, -0.2) is 4.98 Å². The fourth-order valence-electron chi connectivity index (χ4n) is 3.12. The molecule has 0 bridgehead atoms. The van der Waals surface area contributed by atoms with Crippen molar-refractivity contribution in [3.05, 3.63) is 45.5 Å². The number of rotatable bonds is 2. The zero-order valence-corrected chi connectivity index (χ0v) is 14.5. The van der Waals surface area contributed by atoms with Crippen LogP contribution < -0.4 is 4.74 Å². The van der Waals surface area contributed by atoms with E-state index in [0.717, 1.165) is 15.6 Å². The van der Waals surface area contributed by atoms with E-state index in [9.17, 15) is 18.0 Å². The number of nitrogens with zero attached hydrogens (tertiary/aromatic N) is 2. The number of halogens is 3. The number of ether oxygens (including phenoxy) is 1. The predicted molar refractivity (Wildman–Crippen MR) is 90.3 cm³/mol. The molecule has 3 heterocycles. The zero-order valence-electron chi connectivity index (χ0n) is 13.7. The Morgan fingerprint density at radius 2 is 2.19 bits per heavy atom. The summed E-state index contributed by atoms with van der Waals surface area (Å²) >= 11 is 1.56. The fourth-order valence-corrected chi connectivity index (χ4v) is 4.12. The van der Waals surface area contributed by atoms with Gasteiger partial charge in [-0.2, -0.15) is 0 Å². The number of aromatic amines is 1. The Hall–Kier alpha value is -2.55. The number of aromatic nitrogens is 2. The van der Waals surface area contributed by atoms with Crippen LogP contribution in [0.2, 0.25) is 0 Å². The molecule has 1 amide bonds. The highest BCUT2D eigenvalue weighted by molar-refractivity contribution is 7.11.